The van der Waals surface area contributed by atoms with Gasteiger partial charge in [0.25, 0.3) is 0 Å². The standard InChI is InChI=1S/C16H20ClNO3/c1-8-11(13(15(19)20)16(2,3)4)12-9(18-8)6-7-10(21-5)14(12)17/h6-7,13,18H,1-5H3,(H,19,20). The van der Waals surface area contributed by atoms with Gasteiger partial charge < -0.3 is 14.8 Å². The Balaban J connectivity index is 2.84. The van der Waals surface area contributed by atoms with Crippen LogP contribution in [0.5, 0.6) is 5.75 Å². The van der Waals surface area contributed by atoms with Crippen LogP contribution in [0.15, 0.2) is 12.1 Å². The van der Waals surface area contributed by atoms with E-state index in [1.54, 1.807) is 13.2 Å². The second-order valence-electron chi connectivity index (χ2n) is 6.31. The summed E-state index contributed by atoms with van der Waals surface area (Å²) in [7, 11) is 1.55. The summed E-state index contributed by atoms with van der Waals surface area (Å²) in [6.45, 7) is 7.62. The van der Waals surface area contributed by atoms with Gasteiger partial charge in [-0.1, -0.05) is 32.4 Å². The molecule has 5 heteroatoms. The number of carboxylic acids is 1. The Labute approximate surface area is 129 Å². The number of nitrogens with one attached hydrogen (secondary N) is 1. The lowest BCUT2D eigenvalue weighted by Gasteiger charge is -2.28. The van der Waals surface area contributed by atoms with E-state index < -0.39 is 17.3 Å². The van der Waals surface area contributed by atoms with Gasteiger partial charge in [0.1, 0.15) is 5.75 Å². The van der Waals surface area contributed by atoms with Crippen molar-refractivity contribution in [2.45, 2.75) is 33.6 Å². The normalized spacial score (nSPS) is 13.4. The Bertz CT molecular complexity index is 698. The monoisotopic (exact) mass is 309 g/mol. The van der Waals surface area contributed by atoms with E-state index >= 15 is 0 Å². The number of carbonyl (C=O) groups is 1. The Hall–Kier alpha value is -1.68. The summed E-state index contributed by atoms with van der Waals surface area (Å²) in [6.07, 6.45) is 0. The van der Waals surface area contributed by atoms with Crippen LogP contribution < -0.4 is 4.74 Å². The Morgan fingerprint density at radius 1 is 1.38 bits per heavy atom. The third kappa shape index (κ3) is 2.60. The van der Waals surface area contributed by atoms with Crippen molar-refractivity contribution in [3.8, 4) is 5.75 Å². The van der Waals surface area contributed by atoms with Crippen molar-refractivity contribution in [3.05, 3.63) is 28.4 Å². The molecule has 1 aromatic heterocycles. The van der Waals surface area contributed by atoms with Gasteiger partial charge in [-0.15, -0.1) is 0 Å². The van der Waals surface area contributed by atoms with Crippen molar-refractivity contribution < 1.29 is 14.6 Å². The number of aliphatic carboxylic acids is 1. The van der Waals surface area contributed by atoms with Crippen LogP contribution in [0.25, 0.3) is 10.9 Å². The fraction of sp³-hybridized carbons (Fsp3) is 0.438. The van der Waals surface area contributed by atoms with Crippen molar-refractivity contribution >= 4 is 28.5 Å². The molecule has 0 aliphatic rings. The third-order valence-corrected chi connectivity index (χ3v) is 4.10. The Morgan fingerprint density at radius 3 is 2.48 bits per heavy atom. The number of H-pyrrole nitrogens is 1. The predicted octanol–water partition coefficient (Wildman–Crippen LogP) is 4.35. The highest BCUT2D eigenvalue weighted by molar-refractivity contribution is 6.37. The van der Waals surface area contributed by atoms with Crippen LogP contribution in [0, 0.1) is 12.3 Å². The van der Waals surface area contributed by atoms with Gasteiger partial charge in [0.2, 0.25) is 0 Å². The molecule has 0 spiro atoms. The van der Waals surface area contributed by atoms with Gasteiger partial charge in [0.05, 0.1) is 18.1 Å². The summed E-state index contributed by atoms with van der Waals surface area (Å²) < 4.78 is 5.25. The molecule has 1 atom stereocenters. The summed E-state index contributed by atoms with van der Waals surface area (Å²) >= 11 is 6.42. The molecule has 0 saturated heterocycles. The first-order chi connectivity index (χ1) is 9.68. The lowest BCUT2D eigenvalue weighted by atomic mass is 9.75. The molecule has 21 heavy (non-hydrogen) atoms. The molecule has 0 fully saturated rings. The van der Waals surface area contributed by atoms with E-state index in [4.69, 9.17) is 16.3 Å². The summed E-state index contributed by atoms with van der Waals surface area (Å²) in [4.78, 5) is 15.0. The molecule has 0 bridgehead atoms. The van der Waals surface area contributed by atoms with Crippen LogP contribution in [0.3, 0.4) is 0 Å². The molecule has 2 N–H and O–H groups in total. The van der Waals surface area contributed by atoms with Crippen LogP contribution in [-0.4, -0.2) is 23.2 Å². The smallest absolute Gasteiger partial charge is 0.311 e. The summed E-state index contributed by atoms with van der Waals surface area (Å²) in [5.74, 6) is -0.969. The van der Waals surface area contributed by atoms with Crippen molar-refractivity contribution in [3.63, 3.8) is 0 Å². The number of ether oxygens (including phenoxy) is 1. The molecule has 1 unspecified atom stereocenters. The van der Waals surface area contributed by atoms with Crippen molar-refractivity contribution in [1.82, 2.24) is 4.98 Å². The van der Waals surface area contributed by atoms with Gasteiger partial charge in [-0.25, -0.2) is 0 Å². The number of carboxylic acid groups (broad SMARTS) is 1. The first kappa shape index (κ1) is 15.7. The van der Waals surface area contributed by atoms with Crippen molar-refractivity contribution in [2.75, 3.05) is 7.11 Å². The van der Waals surface area contributed by atoms with Gasteiger partial charge in [0.15, 0.2) is 0 Å². The van der Waals surface area contributed by atoms with E-state index in [-0.39, 0.29) is 0 Å². The van der Waals surface area contributed by atoms with Gasteiger partial charge in [-0.05, 0) is 30.0 Å². The summed E-state index contributed by atoms with van der Waals surface area (Å²) in [5, 5.41) is 10.9. The number of methoxy groups -OCH3 is 1. The average Bonchev–Trinajstić information content (AvgIpc) is 2.65. The number of aromatic amines is 1. The highest BCUT2D eigenvalue weighted by Gasteiger charge is 2.36. The minimum Gasteiger partial charge on any atom is -0.495 e. The molecule has 1 aromatic carbocycles. The molecule has 4 nitrogen and oxygen atoms in total. The molecule has 114 valence electrons. The lowest BCUT2D eigenvalue weighted by Crippen LogP contribution is -2.26. The predicted molar refractivity (Wildman–Crippen MR) is 84.4 cm³/mol. The van der Waals surface area contributed by atoms with Crippen LogP contribution in [-0.2, 0) is 4.79 Å². The van der Waals surface area contributed by atoms with E-state index in [0.717, 1.165) is 22.2 Å². The average molecular weight is 310 g/mol. The zero-order valence-corrected chi connectivity index (χ0v) is 13.6. The molecule has 0 aliphatic heterocycles. The summed E-state index contributed by atoms with van der Waals surface area (Å²) in [5.41, 5.74) is 1.94. The Kier molecular flexibility index (Phi) is 3.93. The maximum Gasteiger partial charge on any atom is 0.311 e. The largest absolute Gasteiger partial charge is 0.495 e. The molecular weight excluding hydrogens is 290 g/mol. The highest BCUT2D eigenvalue weighted by atomic mass is 35.5. The molecule has 0 amide bonds. The first-order valence-electron chi connectivity index (χ1n) is 6.76. The second-order valence-corrected chi connectivity index (χ2v) is 6.68. The zero-order chi connectivity index (χ0) is 15.9. The molecule has 2 rings (SSSR count). The van der Waals surface area contributed by atoms with Crippen LogP contribution >= 0.6 is 11.6 Å². The number of aromatic nitrogens is 1. The van der Waals surface area contributed by atoms with E-state index in [9.17, 15) is 9.90 Å². The van der Waals surface area contributed by atoms with Crippen LogP contribution in [0.1, 0.15) is 37.9 Å². The first-order valence-corrected chi connectivity index (χ1v) is 7.13. The van der Waals surface area contributed by atoms with Crippen molar-refractivity contribution in [2.24, 2.45) is 5.41 Å². The molecule has 0 aliphatic carbocycles. The minimum absolute atomic E-state index is 0.432. The summed E-state index contributed by atoms with van der Waals surface area (Å²) in [6, 6.07) is 3.63. The number of aryl methyl sites for hydroxylation is 1. The Morgan fingerprint density at radius 2 is 2.00 bits per heavy atom. The number of hydrogen-bond donors (Lipinski definition) is 2. The van der Waals surface area contributed by atoms with Crippen molar-refractivity contribution in [1.29, 1.82) is 0 Å². The number of halogens is 1. The third-order valence-electron chi connectivity index (χ3n) is 3.72. The number of rotatable bonds is 3. The quantitative estimate of drug-likeness (QED) is 0.886. The minimum atomic E-state index is -0.856. The number of fused-ring (bicyclic) bond motifs is 1. The maximum absolute atomic E-state index is 11.8. The topological polar surface area (TPSA) is 62.3 Å². The van der Waals surface area contributed by atoms with E-state index in [2.05, 4.69) is 4.98 Å². The zero-order valence-electron chi connectivity index (χ0n) is 12.9. The molecule has 2 aromatic rings. The fourth-order valence-electron chi connectivity index (χ4n) is 2.83. The second kappa shape index (κ2) is 5.26. The number of hydrogen-bond acceptors (Lipinski definition) is 2. The lowest BCUT2D eigenvalue weighted by molar-refractivity contribution is -0.141. The highest BCUT2D eigenvalue weighted by Crippen LogP contribution is 2.44. The SMILES string of the molecule is COc1ccc2[nH]c(C)c(C(C(=O)O)C(C)(C)C)c2c1Cl. The maximum atomic E-state index is 11.8. The van der Waals surface area contributed by atoms with Gasteiger partial charge in [0, 0.05) is 16.6 Å². The van der Waals surface area contributed by atoms with Crippen LogP contribution in [0.2, 0.25) is 5.02 Å². The van der Waals surface area contributed by atoms with Gasteiger partial charge in [-0.2, -0.15) is 0 Å². The van der Waals surface area contributed by atoms with E-state index in [1.807, 2.05) is 33.8 Å². The molecular formula is C16H20ClNO3. The van der Waals surface area contributed by atoms with Gasteiger partial charge >= 0.3 is 5.97 Å². The van der Waals surface area contributed by atoms with E-state index in [1.165, 1.54) is 0 Å². The molecule has 0 radical (unpaired) electrons. The van der Waals surface area contributed by atoms with Crippen LogP contribution in [0.4, 0.5) is 0 Å². The molecule has 0 saturated carbocycles. The van der Waals surface area contributed by atoms with Gasteiger partial charge in [-0.3, -0.25) is 4.79 Å². The van der Waals surface area contributed by atoms with E-state index in [0.29, 0.717) is 10.8 Å². The molecule has 1 heterocycles. The fourth-order valence-corrected chi connectivity index (χ4v) is 3.17. The number of benzene rings is 1.